The van der Waals surface area contributed by atoms with E-state index < -0.39 is 0 Å². The van der Waals surface area contributed by atoms with Crippen molar-refractivity contribution in [2.24, 2.45) is 5.92 Å². The lowest BCUT2D eigenvalue weighted by Crippen LogP contribution is -2.38. The molecule has 2 unspecified atom stereocenters. The lowest BCUT2D eigenvalue weighted by atomic mass is 10.1. The third kappa shape index (κ3) is 4.12. The quantitative estimate of drug-likeness (QED) is 0.728. The first-order chi connectivity index (χ1) is 7.17. The van der Waals surface area contributed by atoms with Gasteiger partial charge in [0.1, 0.15) is 0 Å². The second kappa shape index (κ2) is 6.49. The molecule has 1 fully saturated rings. The van der Waals surface area contributed by atoms with Crippen molar-refractivity contribution < 1.29 is 0 Å². The summed E-state index contributed by atoms with van der Waals surface area (Å²) < 4.78 is 0. The smallest absolute Gasteiger partial charge is 0.0110 e. The molecule has 0 radical (unpaired) electrons. The van der Waals surface area contributed by atoms with Gasteiger partial charge in [-0.2, -0.15) is 0 Å². The topological polar surface area (TPSA) is 15.3 Å². The van der Waals surface area contributed by atoms with E-state index in [-0.39, 0.29) is 0 Å². The molecule has 0 aromatic heterocycles. The maximum Gasteiger partial charge on any atom is 0.0110 e. The van der Waals surface area contributed by atoms with Gasteiger partial charge in [0.05, 0.1) is 0 Å². The zero-order chi connectivity index (χ0) is 11.3. The number of likely N-dealkylation sites (tertiary alicyclic amines) is 1. The van der Waals surface area contributed by atoms with E-state index in [0.717, 1.165) is 24.5 Å². The highest BCUT2D eigenvalue weighted by atomic mass is 15.2. The van der Waals surface area contributed by atoms with Crippen LogP contribution in [0.4, 0.5) is 0 Å². The fourth-order valence-electron chi connectivity index (χ4n) is 2.69. The molecule has 90 valence electrons. The summed E-state index contributed by atoms with van der Waals surface area (Å²) in [5, 5.41) is 3.64. The normalized spacial score (nSPS) is 27.8. The van der Waals surface area contributed by atoms with Gasteiger partial charge < -0.3 is 5.32 Å². The summed E-state index contributed by atoms with van der Waals surface area (Å²) in [5.41, 5.74) is 0. The molecular formula is C13H28N2. The van der Waals surface area contributed by atoms with Crippen molar-refractivity contribution in [3.63, 3.8) is 0 Å². The summed E-state index contributed by atoms with van der Waals surface area (Å²) >= 11 is 0. The van der Waals surface area contributed by atoms with E-state index in [2.05, 4.69) is 37.9 Å². The first-order valence-corrected chi connectivity index (χ1v) is 6.64. The Morgan fingerprint density at radius 2 is 1.93 bits per heavy atom. The molecule has 1 saturated heterocycles. The van der Waals surface area contributed by atoms with Crippen molar-refractivity contribution in [2.45, 2.75) is 59.0 Å². The van der Waals surface area contributed by atoms with Crippen LogP contribution in [0.3, 0.4) is 0 Å². The Bertz CT molecular complexity index is 166. The van der Waals surface area contributed by atoms with Gasteiger partial charge in [0, 0.05) is 31.7 Å². The van der Waals surface area contributed by atoms with Gasteiger partial charge in [0.25, 0.3) is 0 Å². The Balaban J connectivity index is 2.14. The van der Waals surface area contributed by atoms with Crippen LogP contribution >= 0.6 is 0 Å². The van der Waals surface area contributed by atoms with Crippen LogP contribution in [0.15, 0.2) is 0 Å². The SMILES string of the molecule is CCC(CC)NCCN1CC(C)CC1C. The van der Waals surface area contributed by atoms with E-state index >= 15 is 0 Å². The number of hydrogen-bond donors (Lipinski definition) is 1. The highest BCUT2D eigenvalue weighted by molar-refractivity contribution is 4.80. The van der Waals surface area contributed by atoms with E-state index in [1.54, 1.807) is 0 Å². The molecule has 2 nitrogen and oxygen atoms in total. The molecule has 0 bridgehead atoms. The fraction of sp³-hybridized carbons (Fsp3) is 1.00. The van der Waals surface area contributed by atoms with Crippen molar-refractivity contribution in [1.82, 2.24) is 10.2 Å². The number of rotatable bonds is 6. The molecule has 2 heteroatoms. The molecule has 1 aliphatic heterocycles. The van der Waals surface area contributed by atoms with Crippen molar-refractivity contribution in [3.8, 4) is 0 Å². The molecule has 1 heterocycles. The average Bonchev–Trinajstić information content (AvgIpc) is 2.52. The van der Waals surface area contributed by atoms with Gasteiger partial charge in [-0.1, -0.05) is 20.8 Å². The monoisotopic (exact) mass is 212 g/mol. The first kappa shape index (κ1) is 13.0. The number of nitrogens with zero attached hydrogens (tertiary/aromatic N) is 1. The summed E-state index contributed by atoms with van der Waals surface area (Å²) in [6, 6.07) is 1.52. The van der Waals surface area contributed by atoms with Crippen LogP contribution in [0, 0.1) is 5.92 Å². The van der Waals surface area contributed by atoms with Gasteiger partial charge >= 0.3 is 0 Å². The maximum absolute atomic E-state index is 3.64. The Morgan fingerprint density at radius 1 is 1.27 bits per heavy atom. The van der Waals surface area contributed by atoms with Crippen LogP contribution in [-0.2, 0) is 0 Å². The summed E-state index contributed by atoms with van der Waals surface area (Å²) in [6.45, 7) is 12.9. The molecule has 1 rings (SSSR count). The molecule has 1 aliphatic rings. The van der Waals surface area contributed by atoms with Crippen LogP contribution in [0.1, 0.15) is 47.0 Å². The van der Waals surface area contributed by atoms with Gasteiger partial charge in [-0.15, -0.1) is 0 Å². The second-order valence-electron chi connectivity index (χ2n) is 5.15. The molecule has 0 aliphatic carbocycles. The van der Waals surface area contributed by atoms with Gasteiger partial charge in [-0.25, -0.2) is 0 Å². The standard InChI is InChI=1S/C13H28N2/c1-5-13(6-2)14-7-8-15-10-11(3)9-12(15)4/h11-14H,5-10H2,1-4H3. The molecule has 0 aromatic carbocycles. The maximum atomic E-state index is 3.64. The minimum Gasteiger partial charge on any atom is -0.313 e. The summed E-state index contributed by atoms with van der Waals surface area (Å²) in [6.07, 6.45) is 3.88. The predicted molar refractivity (Wildman–Crippen MR) is 67.2 cm³/mol. The summed E-state index contributed by atoms with van der Waals surface area (Å²) in [7, 11) is 0. The molecule has 1 N–H and O–H groups in total. The highest BCUT2D eigenvalue weighted by Crippen LogP contribution is 2.21. The van der Waals surface area contributed by atoms with E-state index in [1.807, 2.05) is 0 Å². The lowest BCUT2D eigenvalue weighted by molar-refractivity contribution is 0.259. The zero-order valence-electron chi connectivity index (χ0n) is 10.9. The molecule has 0 aromatic rings. The van der Waals surface area contributed by atoms with Crippen molar-refractivity contribution in [3.05, 3.63) is 0 Å². The molecular weight excluding hydrogens is 184 g/mol. The minimum atomic E-state index is 0.723. The molecule has 0 amide bonds. The highest BCUT2D eigenvalue weighted by Gasteiger charge is 2.25. The van der Waals surface area contributed by atoms with E-state index in [1.165, 1.54) is 32.4 Å². The molecule has 2 atom stereocenters. The Hall–Kier alpha value is -0.0800. The van der Waals surface area contributed by atoms with Gasteiger partial charge in [-0.3, -0.25) is 4.90 Å². The predicted octanol–water partition coefficient (Wildman–Crippen LogP) is 2.49. The van der Waals surface area contributed by atoms with E-state index in [9.17, 15) is 0 Å². The van der Waals surface area contributed by atoms with Gasteiger partial charge in [-0.05, 0) is 32.1 Å². The summed E-state index contributed by atoms with van der Waals surface area (Å²) in [5.74, 6) is 0.896. The molecule has 15 heavy (non-hydrogen) atoms. The fourth-order valence-corrected chi connectivity index (χ4v) is 2.69. The minimum absolute atomic E-state index is 0.723. The van der Waals surface area contributed by atoms with Crippen molar-refractivity contribution in [1.29, 1.82) is 0 Å². The van der Waals surface area contributed by atoms with E-state index in [0.29, 0.717) is 0 Å². The zero-order valence-corrected chi connectivity index (χ0v) is 10.9. The van der Waals surface area contributed by atoms with Crippen LogP contribution in [0.25, 0.3) is 0 Å². The van der Waals surface area contributed by atoms with Crippen molar-refractivity contribution in [2.75, 3.05) is 19.6 Å². The van der Waals surface area contributed by atoms with Crippen LogP contribution < -0.4 is 5.32 Å². The number of hydrogen-bond acceptors (Lipinski definition) is 2. The third-order valence-corrected chi connectivity index (χ3v) is 3.73. The second-order valence-corrected chi connectivity index (χ2v) is 5.15. The van der Waals surface area contributed by atoms with Crippen LogP contribution in [0.2, 0.25) is 0 Å². The van der Waals surface area contributed by atoms with E-state index in [4.69, 9.17) is 0 Å². The number of nitrogens with one attached hydrogen (secondary N) is 1. The third-order valence-electron chi connectivity index (χ3n) is 3.73. The van der Waals surface area contributed by atoms with Gasteiger partial charge in [0.2, 0.25) is 0 Å². The van der Waals surface area contributed by atoms with Crippen LogP contribution in [0.5, 0.6) is 0 Å². The Labute approximate surface area is 95.4 Å². The summed E-state index contributed by atoms with van der Waals surface area (Å²) in [4.78, 5) is 2.63. The Morgan fingerprint density at radius 3 is 2.40 bits per heavy atom. The largest absolute Gasteiger partial charge is 0.313 e. The molecule has 0 spiro atoms. The Kier molecular flexibility index (Phi) is 5.62. The average molecular weight is 212 g/mol. The molecule has 0 saturated carbocycles. The van der Waals surface area contributed by atoms with Gasteiger partial charge in [0.15, 0.2) is 0 Å². The lowest BCUT2D eigenvalue weighted by Gasteiger charge is -2.23. The van der Waals surface area contributed by atoms with Crippen LogP contribution in [-0.4, -0.2) is 36.6 Å². The van der Waals surface area contributed by atoms with Crippen molar-refractivity contribution >= 4 is 0 Å². The first-order valence-electron chi connectivity index (χ1n) is 6.64.